The number of hydrogen-bond acceptors (Lipinski definition) is 10. The smallest absolute Gasteiger partial charge is 0.338 e. The van der Waals surface area contributed by atoms with Crippen molar-refractivity contribution in [2.24, 2.45) is 10.9 Å². The molecule has 0 aromatic heterocycles. The molecule has 0 amide bonds. The van der Waals surface area contributed by atoms with Crippen molar-refractivity contribution < 1.29 is 37.3 Å². The van der Waals surface area contributed by atoms with Crippen LogP contribution in [0.5, 0.6) is 11.5 Å². The predicted octanol–water partition coefficient (Wildman–Crippen LogP) is 2.41. The molecule has 0 radical (unpaired) electrons. The minimum Gasteiger partial charge on any atom is -0.463 e. The lowest BCUT2D eigenvalue weighted by Gasteiger charge is -2.40. The Morgan fingerprint density at radius 3 is 2.41 bits per heavy atom. The van der Waals surface area contributed by atoms with Crippen molar-refractivity contribution in [2.75, 3.05) is 24.9 Å². The zero-order valence-electron chi connectivity index (χ0n) is 21.7. The monoisotopic (exact) mass is 557 g/mol. The molecule has 3 aliphatic rings. The van der Waals surface area contributed by atoms with Gasteiger partial charge in [0.05, 0.1) is 23.0 Å². The maximum absolute atomic E-state index is 13.4. The Morgan fingerprint density at radius 2 is 1.77 bits per heavy atom. The maximum atomic E-state index is 13.4. The molecule has 0 bridgehead atoms. The summed E-state index contributed by atoms with van der Waals surface area (Å²) in [5, 5.41) is 12.8. The van der Waals surface area contributed by atoms with Crippen molar-refractivity contribution in [2.45, 2.75) is 43.9 Å². The molecule has 0 spiro atoms. The molecule has 2 aromatic carbocycles. The number of benzene rings is 2. The third-order valence-electron chi connectivity index (χ3n) is 6.44. The van der Waals surface area contributed by atoms with Crippen molar-refractivity contribution in [3.63, 3.8) is 0 Å². The highest BCUT2D eigenvalue weighted by Gasteiger charge is 2.43. The summed E-state index contributed by atoms with van der Waals surface area (Å²) in [6.45, 7) is 3.82. The zero-order chi connectivity index (χ0) is 28.3. The van der Waals surface area contributed by atoms with Crippen LogP contribution in [-0.4, -0.2) is 45.3 Å². The van der Waals surface area contributed by atoms with Crippen molar-refractivity contribution >= 4 is 27.5 Å². The van der Waals surface area contributed by atoms with Gasteiger partial charge in [-0.05, 0) is 68.7 Å². The summed E-state index contributed by atoms with van der Waals surface area (Å²) >= 11 is 0. The van der Waals surface area contributed by atoms with Crippen molar-refractivity contribution in [1.29, 1.82) is 0 Å². The fraction of sp³-hybridized carbons (Fsp3) is 0.333. The number of ketones is 1. The molecule has 1 unspecified atom stereocenters. The fourth-order valence-electron chi connectivity index (χ4n) is 4.90. The molecule has 1 aliphatic carbocycles. The van der Waals surface area contributed by atoms with Crippen LogP contribution in [0.25, 0.3) is 0 Å². The number of carbonyl (C=O) groups excluding carboxylic acids is 2. The summed E-state index contributed by atoms with van der Waals surface area (Å²) in [6, 6.07) is 11.1. The highest BCUT2D eigenvalue weighted by molar-refractivity contribution is 7.89. The van der Waals surface area contributed by atoms with E-state index in [1.165, 1.54) is 12.1 Å². The highest BCUT2D eigenvalue weighted by atomic mass is 32.2. The number of nitrogens with zero attached hydrogens (tertiary/aromatic N) is 1. The van der Waals surface area contributed by atoms with Crippen LogP contribution in [0.2, 0.25) is 0 Å². The number of ether oxygens (including phenoxy) is 3. The second-order valence-corrected chi connectivity index (χ2v) is 10.5. The number of aliphatic hydroxyl groups is 1. The van der Waals surface area contributed by atoms with E-state index >= 15 is 0 Å². The summed E-state index contributed by atoms with van der Waals surface area (Å²) in [5.74, 6) is -0.312. The number of rotatable bonds is 5. The van der Waals surface area contributed by atoms with Crippen LogP contribution in [0.15, 0.2) is 70.0 Å². The van der Waals surface area contributed by atoms with Crippen LogP contribution in [0.3, 0.4) is 0 Å². The number of aliphatic hydroxyl groups excluding tert-OH is 1. The second kappa shape index (κ2) is 11.5. The van der Waals surface area contributed by atoms with Gasteiger partial charge >= 0.3 is 5.97 Å². The molecule has 5 N–H and O–H groups in total. The number of anilines is 1. The first-order chi connectivity index (χ1) is 18.6. The van der Waals surface area contributed by atoms with Crippen LogP contribution in [0, 0.1) is 0 Å². The number of primary sulfonamides is 1. The van der Waals surface area contributed by atoms with Gasteiger partial charge in [-0.2, -0.15) is 0 Å². The van der Waals surface area contributed by atoms with E-state index in [1.54, 1.807) is 49.1 Å². The lowest BCUT2D eigenvalue weighted by Crippen LogP contribution is -2.41. The van der Waals surface area contributed by atoms with Gasteiger partial charge < -0.3 is 25.1 Å². The Balaban J connectivity index is 0.00000112. The maximum Gasteiger partial charge on any atom is 0.338 e. The van der Waals surface area contributed by atoms with Crippen LogP contribution in [-0.2, 0) is 24.3 Å². The zero-order valence-corrected chi connectivity index (χ0v) is 22.5. The first kappa shape index (κ1) is 28.1. The van der Waals surface area contributed by atoms with E-state index in [2.05, 4.69) is 0 Å². The van der Waals surface area contributed by atoms with Crippen LogP contribution >= 0.6 is 0 Å². The van der Waals surface area contributed by atoms with Gasteiger partial charge in [-0.25, -0.2) is 18.4 Å². The SMILES string of the molecule is CCO.CCOC(=O)C1=C(N)N(c2ccc(S(N)(=O)=O)cc2)C2=C(C(=O)CCC2)C1c1ccc2c(c1)OCO2. The number of fused-ring (bicyclic) bond motifs is 1. The Labute approximate surface area is 226 Å². The highest BCUT2D eigenvalue weighted by Crippen LogP contribution is 2.48. The number of allylic oxidation sites excluding steroid dienone is 2. The summed E-state index contributed by atoms with van der Waals surface area (Å²) in [5.41, 5.74) is 9.04. The molecule has 2 heterocycles. The van der Waals surface area contributed by atoms with E-state index < -0.39 is 21.9 Å². The minimum atomic E-state index is -3.90. The van der Waals surface area contributed by atoms with E-state index in [0.29, 0.717) is 53.3 Å². The van der Waals surface area contributed by atoms with E-state index in [4.69, 9.17) is 30.2 Å². The molecule has 11 nitrogen and oxygen atoms in total. The van der Waals surface area contributed by atoms with E-state index in [1.807, 2.05) is 0 Å². The normalized spacial score (nSPS) is 18.4. The van der Waals surface area contributed by atoms with E-state index in [-0.39, 0.29) is 42.1 Å². The topological polar surface area (TPSA) is 171 Å². The van der Waals surface area contributed by atoms with E-state index in [0.717, 1.165) is 0 Å². The predicted molar refractivity (Wildman–Crippen MR) is 142 cm³/mol. The molecule has 208 valence electrons. The fourth-order valence-corrected chi connectivity index (χ4v) is 5.42. The molecule has 0 saturated heterocycles. The Hall–Kier alpha value is -3.87. The Morgan fingerprint density at radius 1 is 1.10 bits per heavy atom. The molecular weight excluding hydrogens is 526 g/mol. The molecule has 12 heteroatoms. The molecule has 0 saturated carbocycles. The average molecular weight is 558 g/mol. The standard InChI is InChI=1S/C25H25N3O7S.C2H6O/c1-2-33-25(30)23-21(14-6-11-19-20(12-14)35-13-34-19)22-17(4-3-5-18(22)29)28(24(23)26)15-7-9-16(10-8-15)36(27,31)32;1-2-3/h6-12,21H,2-5,13,26H2,1H3,(H2,27,31,32);3H,2H2,1H3. The van der Waals surface area contributed by atoms with Crippen molar-refractivity contribution in [3.8, 4) is 11.5 Å². The largest absolute Gasteiger partial charge is 0.463 e. The van der Waals surface area contributed by atoms with Gasteiger partial charge in [-0.1, -0.05) is 6.07 Å². The number of hydrogen-bond donors (Lipinski definition) is 3. The average Bonchev–Trinajstić information content (AvgIpc) is 3.36. The van der Waals surface area contributed by atoms with Crippen LogP contribution in [0.4, 0.5) is 5.69 Å². The van der Waals surface area contributed by atoms with Gasteiger partial charge in [-0.15, -0.1) is 0 Å². The molecule has 0 fully saturated rings. The lowest BCUT2D eigenvalue weighted by molar-refractivity contribution is -0.138. The van der Waals surface area contributed by atoms with Gasteiger partial charge in [0.2, 0.25) is 16.8 Å². The van der Waals surface area contributed by atoms with Gasteiger partial charge in [0.1, 0.15) is 5.82 Å². The molecule has 1 atom stereocenters. The summed E-state index contributed by atoms with van der Waals surface area (Å²) in [7, 11) is -3.90. The quantitative estimate of drug-likeness (QED) is 0.464. The molecule has 39 heavy (non-hydrogen) atoms. The first-order valence-corrected chi connectivity index (χ1v) is 14.0. The van der Waals surface area contributed by atoms with Crippen LogP contribution < -0.4 is 25.2 Å². The van der Waals surface area contributed by atoms with E-state index in [9.17, 15) is 18.0 Å². The third-order valence-corrected chi connectivity index (χ3v) is 7.37. The molecule has 2 aliphatic heterocycles. The number of nitrogens with two attached hydrogens (primary N) is 2. The van der Waals surface area contributed by atoms with Crippen LogP contribution in [0.1, 0.15) is 44.6 Å². The van der Waals surface area contributed by atoms with Gasteiger partial charge in [0.25, 0.3) is 0 Å². The number of sulfonamides is 1. The lowest BCUT2D eigenvalue weighted by atomic mass is 9.75. The van der Waals surface area contributed by atoms with Crippen molar-refractivity contribution in [3.05, 3.63) is 70.7 Å². The summed E-state index contributed by atoms with van der Waals surface area (Å²) < 4.78 is 39.8. The second-order valence-electron chi connectivity index (χ2n) is 8.89. The van der Waals surface area contributed by atoms with Gasteiger partial charge in [-0.3, -0.25) is 9.69 Å². The third kappa shape index (κ3) is 5.49. The summed E-state index contributed by atoms with van der Waals surface area (Å²) in [6.07, 6.45) is 1.48. The number of Topliss-reactive ketones (excluding diaryl/α,β-unsaturated/α-hetero) is 1. The Kier molecular flexibility index (Phi) is 8.28. The minimum absolute atomic E-state index is 0.0661. The number of esters is 1. The first-order valence-electron chi connectivity index (χ1n) is 12.5. The van der Waals surface area contributed by atoms with Crippen molar-refractivity contribution in [1.82, 2.24) is 0 Å². The molecule has 2 aromatic rings. The van der Waals surface area contributed by atoms with Gasteiger partial charge in [0.15, 0.2) is 17.3 Å². The molecular formula is C27H31N3O8S. The molecule has 5 rings (SSSR count). The summed E-state index contributed by atoms with van der Waals surface area (Å²) in [4.78, 5) is 28.3. The number of carbonyl (C=O) groups is 2. The Bertz CT molecular complexity index is 1450. The van der Waals surface area contributed by atoms with Gasteiger partial charge in [0, 0.05) is 30.0 Å².